The van der Waals surface area contributed by atoms with Gasteiger partial charge in [0.15, 0.2) is 5.65 Å². The molecule has 0 bridgehead atoms. The molecule has 150 valence electrons. The molecule has 1 amide bonds. The van der Waals surface area contributed by atoms with E-state index in [1.165, 1.54) is 11.1 Å². The number of pyridine rings is 1. The first-order valence-corrected chi connectivity index (χ1v) is 10.6. The Morgan fingerprint density at radius 3 is 2.83 bits per heavy atom. The highest BCUT2D eigenvalue weighted by atomic mass is 16.2. The Labute approximate surface area is 171 Å². The number of hydrogen-bond donors (Lipinski definition) is 0. The summed E-state index contributed by atoms with van der Waals surface area (Å²) in [5.41, 5.74) is 3.58. The molecule has 29 heavy (non-hydrogen) atoms. The highest BCUT2D eigenvalue weighted by molar-refractivity contribution is 5.76. The second kappa shape index (κ2) is 7.95. The van der Waals surface area contributed by atoms with Crippen molar-refractivity contribution in [2.24, 2.45) is 0 Å². The van der Waals surface area contributed by atoms with Gasteiger partial charge in [-0.3, -0.25) is 9.20 Å². The van der Waals surface area contributed by atoms with E-state index >= 15 is 0 Å². The van der Waals surface area contributed by atoms with Crippen LogP contribution in [0.25, 0.3) is 5.65 Å². The summed E-state index contributed by atoms with van der Waals surface area (Å²) >= 11 is 0. The molecule has 1 fully saturated rings. The third-order valence-electron chi connectivity index (χ3n) is 6.34. The van der Waals surface area contributed by atoms with Crippen LogP contribution >= 0.6 is 0 Å². The molecular formula is C23H27N5O. The normalized spacial score (nSPS) is 20.0. The number of carbonyl (C=O) groups excluding carboxylic acids is 1. The van der Waals surface area contributed by atoms with Gasteiger partial charge in [-0.25, -0.2) is 0 Å². The van der Waals surface area contributed by atoms with Crippen molar-refractivity contribution in [3.63, 3.8) is 0 Å². The first-order valence-electron chi connectivity index (χ1n) is 10.6. The van der Waals surface area contributed by atoms with Crippen molar-refractivity contribution in [1.82, 2.24) is 24.4 Å². The number of benzene rings is 1. The Kier molecular flexibility index (Phi) is 5.02. The zero-order chi connectivity index (χ0) is 19.6. The van der Waals surface area contributed by atoms with Gasteiger partial charge in [-0.05, 0) is 49.1 Å². The summed E-state index contributed by atoms with van der Waals surface area (Å²) in [7, 11) is 0. The van der Waals surface area contributed by atoms with Crippen molar-refractivity contribution in [2.45, 2.75) is 38.1 Å². The highest BCUT2D eigenvalue weighted by Gasteiger charge is 2.26. The van der Waals surface area contributed by atoms with E-state index in [1.54, 1.807) is 0 Å². The summed E-state index contributed by atoms with van der Waals surface area (Å²) in [6, 6.07) is 14.5. The van der Waals surface area contributed by atoms with E-state index in [0.717, 1.165) is 63.5 Å². The van der Waals surface area contributed by atoms with E-state index < -0.39 is 0 Å². The third kappa shape index (κ3) is 3.77. The van der Waals surface area contributed by atoms with Crippen molar-refractivity contribution in [3.8, 4) is 0 Å². The fourth-order valence-corrected chi connectivity index (χ4v) is 4.73. The average molecular weight is 390 g/mol. The lowest BCUT2D eigenvalue weighted by molar-refractivity contribution is -0.132. The van der Waals surface area contributed by atoms with Crippen LogP contribution in [-0.4, -0.2) is 56.5 Å². The SMILES string of the molecule is O=C(CCN1CCC[C@H](c2nnc3ccccn23)C1)N1CCc2ccccc2C1. The lowest BCUT2D eigenvalue weighted by Gasteiger charge is -2.33. The van der Waals surface area contributed by atoms with E-state index in [4.69, 9.17) is 0 Å². The Morgan fingerprint density at radius 1 is 1.03 bits per heavy atom. The van der Waals surface area contributed by atoms with Crippen LogP contribution < -0.4 is 0 Å². The summed E-state index contributed by atoms with van der Waals surface area (Å²) < 4.78 is 2.10. The van der Waals surface area contributed by atoms with Gasteiger partial charge in [0.05, 0.1) is 0 Å². The average Bonchev–Trinajstić information content (AvgIpc) is 3.21. The zero-order valence-electron chi connectivity index (χ0n) is 16.7. The fourth-order valence-electron chi connectivity index (χ4n) is 4.73. The number of fused-ring (bicyclic) bond motifs is 2. The van der Waals surface area contributed by atoms with Gasteiger partial charge in [0.1, 0.15) is 5.82 Å². The number of nitrogens with zero attached hydrogens (tertiary/aromatic N) is 5. The van der Waals surface area contributed by atoms with Gasteiger partial charge < -0.3 is 9.80 Å². The fraction of sp³-hybridized carbons (Fsp3) is 0.435. The summed E-state index contributed by atoms with van der Waals surface area (Å²) in [4.78, 5) is 17.3. The zero-order valence-corrected chi connectivity index (χ0v) is 16.7. The lowest BCUT2D eigenvalue weighted by atomic mass is 9.97. The topological polar surface area (TPSA) is 53.7 Å². The number of aromatic nitrogens is 3. The van der Waals surface area contributed by atoms with Gasteiger partial charge in [0, 0.05) is 44.7 Å². The molecule has 1 saturated heterocycles. The van der Waals surface area contributed by atoms with Crippen LogP contribution in [-0.2, 0) is 17.8 Å². The summed E-state index contributed by atoms with van der Waals surface area (Å²) in [6.07, 6.45) is 5.87. The van der Waals surface area contributed by atoms with Crippen LogP contribution in [0.4, 0.5) is 0 Å². The van der Waals surface area contributed by atoms with Crippen molar-refractivity contribution < 1.29 is 4.79 Å². The standard InChI is InChI=1S/C23H27N5O/c29-22(27-15-10-18-6-1-2-7-19(18)17-27)11-14-26-12-5-8-20(16-26)23-25-24-21-9-3-4-13-28(21)23/h1-4,6-7,9,13,20H,5,8,10-12,14-17H2/t20-/m0/s1. The lowest BCUT2D eigenvalue weighted by Crippen LogP contribution is -2.40. The molecule has 0 saturated carbocycles. The number of rotatable bonds is 4. The van der Waals surface area contributed by atoms with Crippen LogP contribution in [0.1, 0.15) is 42.1 Å². The molecule has 0 spiro atoms. The molecule has 3 aromatic rings. The van der Waals surface area contributed by atoms with E-state index in [-0.39, 0.29) is 5.91 Å². The van der Waals surface area contributed by atoms with Crippen LogP contribution in [0.5, 0.6) is 0 Å². The molecule has 2 aromatic heterocycles. The maximum Gasteiger partial charge on any atom is 0.224 e. The molecule has 2 aliphatic rings. The maximum absolute atomic E-state index is 12.8. The number of amides is 1. The molecule has 6 heteroatoms. The summed E-state index contributed by atoms with van der Waals surface area (Å²) in [5, 5.41) is 8.76. The Hall–Kier alpha value is -2.73. The van der Waals surface area contributed by atoms with Gasteiger partial charge in [-0.2, -0.15) is 0 Å². The molecule has 5 rings (SSSR count). The Balaban J connectivity index is 1.19. The second-order valence-electron chi connectivity index (χ2n) is 8.21. The van der Waals surface area contributed by atoms with Crippen molar-refractivity contribution in [2.75, 3.05) is 26.2 Å². The van der Waals surface area contributed by atoms with Gasteiger partial charge in [0.25, 0.3) is 0 Å². The van der Waals surface area contributed by atoms with E-state index in [9.17, 15) is 4.79 Å². The number of likely N-dealkylation sites (tertiary alicyclic amines) is 1. The van der Waals surface area contributed by atoms with Crippen molar-refractivity contribution in [1.29, 1.82) is 0 Å². The minimum atomic E-state index is 0.273. The third-order valence-corrected chi connectivity index (χ3v) is 6.34. The summed E-state index contributed by atoms with van der Waals surface area (Å²) in [5.74, 6) is 1.69. The predicted molar refractivity (Wildman–Crippen MR) is 112 cm³/mol. The molecule has 0 radical (unpaired) electrons. The molecule has 4 heterocycles. The van der Waals surface area contributed by atoms with Crippen LogP contribution in [0.3, 0.4) is 0 Å². The van der Waals surface area contributed by atoms with Gasteiger partial charge >= 0.3 is 0 Å². The van der Waals surface area contributed by atoms with Crippen LogP contribution in [0, 0.1) is 0 Å². The van der Waals surface area contributed by atoms with Crippen molar-refractivity contribution in [3.05, 3.63) is 65.6 Å². The van der Waals surface area contributed by atoms with Gasteiger partial charge in [-0.15, -0.1) is 10.2 Å². The van der Waals surface area contributed by atoms with Gasteiger partial charge in [0.2, 0.25) is 5.91 Å². The van der Waals surface area contributed by atoms with Crippen LogP contribution in [0.2, 0.25) is 0 Å². The molecule has 2 aliphatic heterocycles. The minimum Gasteiger partial charge on any atom is -0.338 e. The van der Waals surface area contributed by atoms with E-state index in [2.05, 4.69) is 43.8 Å². The maximum atomic E-state index is 12.8. The molecular weight excluding hydrogens is 362 g/mol. The van der Waals surface area contributed by atoms with Crippen molar-refractivity contribution >= 4 is 11.6 Å². The highest BCUT2D eigenvalue weighted by Crippen LogP contribution is 2.26. The molecule has 6 nitrogen and oxygen atoms in total. The quantitative estimate of drug-likeness (QED) is 0.689. The predicted octanol–water partition coefficient (Wildman–Crippen LogP) is 2.88. The minimum absolute atomic E-state index is 0.273. The molecule has 1 atom stereocenters. The first kappa shape index (κ1) is 18.3. The number of carbonyl (C=O) groups is 1. The largest absolute Gasteiger partial charge is 0.338 e. The monoisotopic (exact) mass is 389 g/mol. The van der Waals surface area contributed by atoms with E-state index in [1.807, 2.05) is 29.3 Å². The molecule has 1 aromatic carbocycles. The smallest absolute Gasteiger partial charge is 0.224 e. The Morgan fingerprint density at radius 2 is 1.90 bits per heavy atom. The van der Waals surface area contributed by atoms with Crippen LogP contribution in [0.15, 0.2) is 48.7 Å². The summed E-state index contributed by atoms with van der Waals surface area (Å²) in [6.45, 7) is 4.42. The van der Waals surface area contributed by atoms with Gasteiger partial charge in [-0.1, -0.05) is 30.3 Å². The number of piperidine rings is 1. The van der Waals surface area contributed by atoms with E-state index in [0.29, 0.717) is 12.3 Å². The number of hydrogen-bond acceptors (Lipinski definition) is 4. The Bertz CT molecular complexity index is 1010. The second-order valence-corrected chi connectivity index (χ2v) is 8.21. The first-order chi connectivity index (χ1) is 14.3. The molecule has 0 unspecified atom stereocenters. The molecule has 0 N–H and O–H groups in total. The molecule has 0 aliphatic carbocycles.